The first-order valence-electron chi connectivity index (χ1n) is 10.8. The summed E-state index contributed by atoms with van der Waals surface area (Å²) in [5.41, 5.74) is 3.56. The summed E-state index contributed by atoms with van der Waals surface area (Å²) in [6.45, 7) is 5.50. The van der Waals surface area contributed by atoms with Crippen molar-refractivity contribution in [3.63, 3.8) is 0 Å². The standard InChI is InChI=1S/C24H25N3O3S/c1-16-21-19(28)8-5-9-20(21)30-22(16)24(29)27-12-10-26(11-13-27)14-18-15-31-23(25-18)17-6-3-2-4-7-17/h2-4,6-7,15H,5,8-14H2,1H3. The third kappa shape index (κ3) is 3.95. The highest BCUT2D eigenvalue weighted by Gasteiger charge is 2.32. The van der Waals surface area contributed by atoms with Gasteiger partial charge in [0.15, 0.2) is 11.5 Å². The van der Waals surface area contributed by atoms with Gasteiger partial charge in [-0.25, -0.2) is 4.98 Å². The number of aryl methyl sites for hydroxylation is 1. The molecular weight excluding hydrogens is 410 g/mol. The van der Waals surface area contributed by atoms with E-state index in [-0.39, 0.29) is 11.7 Å². The number of Topliss-reactive ketones (excluding diaryl/α,β-unsaturated/α-hetero) is 1. The Kier molecular flexibility index (Phi) is 5.46. The van der Waals surface area contributed by atoms with E-state index < -0.39 is 0 Å². The quantitative estimate of drug-likeness (QED) is 0.615. The van der Waals surface area contributed by atoms with Crippen LogP contribution in [-0.4, -0.2) is 52.7 Å². The summed E-state index contributed by atoms with van der Waals surface area (Å²) in [7, 11) is 0. The van der Waals surface area contributed by atoms with Crippen LogP contribution in [0.1, 0.15) is 50.8 Å². The van der Waals surface area contributed by atoms with E-state index in [4.69, 9.17) is 9.40 Å². The van der Waals surface area contributed by atoms with Crippen LogP contribution in [0.5, 0.6) is 0 Å². The fourth-order valence-electron chi connectivity index (χ4n) is 4.43. The Morgan fingerprint density at radius 2 is 1.90 bits per heavy atom. The highest BCUT2D eigenvalue weighted by molar-refractivity contribution is 7.13. The van der Waals surface area contributed by atoms with E-state index in [1.807, 2.05) is 30.0 Å². The minimum atomic E-state index is -0.0978. The SMILES string of the molecule is Cc1c(C(=O)N2CCN(Cc3csc(-c4ccccc4)n3)CC2)oc2c1C(=O)CCC2. The number of carbonyl (C=O) groups is 2. The second-order valence-corrected chi connectivity index (χ2v) is 9.07. The summed E-state index contributed by atoms with van der Waals surface area (Å²) in [5, 5.41) is 3.16. The van der Waals surface area contributed by atoms with E-state index in [0.29, 0.717) is 42.2 Å². The highest BCUT2D eigenvalue weighted by atomic mass is 32.1. The van der Waals surface area contributed by atoms with Gasteiger partial charge in [0.2, 0.25) is 0 Å². The van der Waals surface area contributed by atoms with Crippen LogP contribution in [0.4, 0.5) is 0 Å². The largest absolute Gasteiger partial charge is 0.455 e. The molecule has 0 bridgehead atoms. The number of thiazole rings is 1. The normalized spacial score (nSPS) is 17.1. The zero-order chi connectivity index (χ0) is 21.4. The maximum Gasteiger partial charge on any atom is 0.289 e. The number of amides is 1. The summed E-state index contributed by atoms with van der Waals surface area (Å²) in [6, 6.07) is 10.2. The van der Waals surface area contributed by atoms with Gasteiger partial charge in [-0.3, -0.25) is 14.5 Å². The summed E-state index contributed by atoms with van der Waals surface area (Å²) < 4.78 is 5.86. The Labute approximate surface area is 185 Å². The van der Waals surface area contributed by atoms with Gasteiger partial charge < -0.3 is 9.32 Å². The van der Waals surface area contributed by atoms with Crippen molar-refractivity contribution in [2.24, 2.45) is 0 Å². The molecule has 1 aliphatic heterocycles. The second-order valence-electron chi connectivity index (χ2n) is 8.21. The molecule has 1 aromatic carbocycles. The van der Waals surface area contributed by atoms with Gasteiger partial charge in [-0.2, -0.15) is 0 Å². The second kappa shape index (κ2) is 8.40. The van der Waals surface area contributed by atoms with Gasteiger partial charge in [-0.05, 0) is 13.3 Å². The molecule has 1 saturated heterocycles. The molecular formula is C24H25N3O3S. The molecule has 0 unspecified atom stereocenters. The van der Waals surface area contributed by atoms with Crippen molar-refractivity contribution < 1.29 is 14.0 Å². The molecule has 160 valence electrons. The Morgan fingerprint density at radius 1 is 1.13 bits per heavy atom. The number of fused-ring (bicyclic) bond motifs is 1. The maximum atomic E-state index is 13.1. The monoisotopic (exact) mass is 435 g/mol. The number of aromatic nitrogens is 1. The lowest BCUT2D eigenvalue weighted by molar-refractivity contribution is 0.0593. The number of hydrogen-bond donors (Lipinski definition) is 0. The smallest absolute Gasteiger partial charge is 0.289 e. The lowest BCUT2D eigenvalue weighted by atomic mass is 9.94. The van der Waals surface area contributed by atoms with Gasteiger partial charge >= 0.3 is 0 Å². The predicted molar refractivity (Wildman–Crippen MR) is 119 cm³/mol. The maximum absolute atomic E-state index is 13.1. The van der Waals surface area contributed by atoms with Gasteiger partial charge in [0.25, 0.3) is 5.91 Å². The first-order valence-corrected chi connectivity index (χ1v) is 11.6. The molecule has 2 aromatic heterocycles. The topological polar surface area (TPSA) is 66.7 Å². The van der Waals surface area contributed by atoms with Crippen molar-refractivity contribution in [1.82, 2.24) is 14.8 Å². The van der Waals surface area contributed by atoms with Crippen molar-refractivity contribution >= 4 is 23.0 Å². The first kappa shape index (κ1) is 20.2. The number of ketones is 1. The van der Waals surface area contributed by atoms with Gasteiger partial charge in [0.05, 0.1) is 11.3 Å². The molecule has 0 atom stereocenters. The minimum absolute atomic E-state index is 0.0978. The number of rotatable bonds is 4. The zero-order valence-electron chi connectivity index (χ0n) is 17.6. The molecule has 5 rings (SSSR count). The molecule has 0 saturated carbocycles. The molecule has 31 heavy (non-hydrogen) atoms. The number of benzene rings is 1. The van der Waals surface area contributed by atoms with Crippen molar-refractivity contribution in [3.05, 3.63) is 64.1 Å². The zero-order valence-corrected chi connectivity index (χ0v) is 18.4. The third-order valence-corrected chi connectivity index (χ3v) is 7.06. The van der Waals surface area contributed by atoms with Gasteiger partial charge in [-0.15, -0.1) is 11.3 Å². The molecule has 2 aliphatic rings. The van der Waals surface area contributed by atoms with E-state index in [9.17, 15) is 9.59 Å². The first-order chi connectivity index (χ1) is 15.1. The Bertz CT molecular complexity index is 1110. The van der Waals surface area contributed by atoms with Crippen LogP contribution in [0.25, 0.3) is 10.6 Å². The van der Waals surface area contributed by atoms with Crippen molar-refractivity contribution in [2.75, 3.05) is 26.2 Å². The van der Waals surface area contributed by atoms with Crippen LogP contribution >= 0.6 is 11.3 Å². The van der Waals surface area contributed by atoms with Gasteiger partial charge in [-0.1, -0.05) is 30.3 Å². The van der Waals surface area contributed by atoms with Crippen molar-refractivity contribution in [2.45, 2.75) is 32.7 Å². The lowest BCUT2D eigenvalue weighted by Gasteiger charge is -2.34. The van der Waals surface area contributed by atoms with E-state index >= 15 is 0 Å². The Morgan fingerprint density at radius 3 is 2.65 bits per heavy atom. The number of piperazine rings is 1. The molecule has 6 nitrogen and oxygen atoms in total. The van der Waals surface area contributed by atoms with Crippen LogP contribution in [0.15, 0.2) is 40.1 Å². The van der Waals surface area contributed by atoms with Crippen LogP contribution in [0.3, 0.4) is 0 Å². The van der Waals surface area contributed by atoms with Crippen molar-refractivity contribution in [3.8, 4) is 10.6 Å². The van der Waals surface area contributed by atoms with E-state index in [0.717, 1.165) is 48.7 Å². The predicted octanol–water partition coefficient (Wildman–Crippen LogP) is 4.19. The minimum Gasteiger partial charge on any atom is -0.455 e. The molecule has 1 fully saturated rings. The van der Waals surface area contributed by atoms with E-state index in [1.165, 1.54) is 0 Å². The van der Waals surface area contributed by atoms with Crippen molar-refractivity contribution in [1.29, 1.82) is 0 Å². The fourth-order valence-corrected chi connectivity index (χ4v) is 5.24. The summed E-state index contributed by atoms with van der Waals surface area (Å²) in [6.07, 6.45) is 2.08. The van der Waals surface area contributed by atoms with Crippen LogP contribution in [-0.2, 0) is 13.0 Å². The van der Waals surface area contributed by atoms with Gasteiger partial charge in [0, 0.05) is 62.1 Å². The molecule has 0 radical (unpaired) electrons. The number of furan rings is 1. The van der Waals surface area contributed by atoms with Crippen LogP contribution in [0.2, 0.25) is 0 Å². The summed E-state index contributed by atoms with van der Waals surface area (Å²) >= 11 is 1.67. The lowest BCUT2D eigenvalue weighted by Crippen LogP contribution is -2.48. The molecule has 0 spiro atoms. The van der Waals surface area contributed by atoms with Crippen LogP contribution in [0, 0.1) is 6.92 Å². The van der Waals surface area contributed by atoms with Crippen LogP contribution < -0.4 is 0 Å². The highest BCUT2D eigenvalue weighted by Crippen LogP contribution is 2.30. The molecule has 3 aromatic rings. The number of nitrogens with zero attached hydrogens (tertiary/aromatic N) is 3. The van der Waals surface area contributed by atoms with E-state index in [2.05, 4.69) is 22.4 Å². The molecule has 3 heterocycles. The number of carbonyl (C=O) groups excluding carboxylic acids is 2. The average Bonchev–Trinajstić information content (AvgIpc) is 3.40. The van der Waals surface area contributed by atoms with Gasteiger partial charge in [0.1, 0.15) is 10.8 Å². The fraction of sp³-hybridized carbons (Fsp3) is 0.375. The molecule has 7 heteroatoms. The third-order valence-electron chi connectivity index (χ3n) is 6.12. The summed E-state index contributed by atoms with van der Waals surface area (Å²) in [4.78, 5) is 34.2. The molecule has 1 aliphatic carbocycles. The number of hydrogen-bond acceptors (Lipinski definition) is 6. The molecule has 1 amide bonds. The Balaban J connectivity index is 1.21. The average molecular weight is 436 g/mol. The van der Waals surface area contributed by atoms with E-state index in [1.54, 1.807) is 11.3 Å². The Hall–Kier alpha value is -2.77. The summed E-state index contributed by atoms with van der Waals surface area (Å²) in [5.74, 6) is 1.04. The molecule has 0 N–H and O–H groups in total.